The number of benzene rings is 2. The summed E-state index contributed by atoms with van der Waals surface area (Å²) in [7, 11) is 1.67. The number of amides is 1. The van der Waals surface area contributed by atoms with Crippen molar-refractivity contribution in [1.82, 2.24) is 4.90 Å². The smallest absolute Gasteiger partial charge is 0.410 e. The van der Waals surface area contributed by atoms with Crippen LogP contribution in [0.3, 0.4) is 0 Å². The van der Waals surface area contributed by atoms with Gasteiger partial charge in [0.1, 0.15) is 6.61 Å². The van der Waals surface area contributed by atoms with Crippen LogP contribution in [0.5, 0.6) is 0 Å². The molecule has 2 aromatic carbocycles. The highest BCUT2D eigenvalue weighted by Gasteiger charge is 2.33. The second-order valence-electron chi connectivity index (χ2n) is 6.38. The van der Waals surface area contributed by atoms with Crippen LogP contribution in [-0.2, 0) is 16.1 Å². The van der Waals surface area contributed by atoms with Crippen LogP contribution >= 0.6 is 0 Å². The number of likely N-dealkylation sites (tertiary alicyclic amines) is 1. The van der Waals surface area contributed by atoms with Gasteiger partial charge in [0.15, 0.2) is 0 Å². The van der Waals surface area contributed by atoms with Gasteiger partial charge < -0.3 is 9.47 Å². The molecular formula is C21H22N2O3. The fraction of sp³-hybridized carbons (Fsp3) is 0.333. The van der Waals surface area contributed by atoms with Gasteiger partial charge in [-0.3, -0.25) is 4.90 Å². The van der Waals surface area contributed by atoms with E-state index in [0.29, 0.717) is 12.1 Å². The van der Waals surface area contributed by atoms with Crippen LogP contribution < -0.4 is 0 Å². The van der Waals surface area contributed by atoms with Crippen molar-refractivity contribution in [3.05, 3.63) is 71.3 Å². The van der Waals surface area contributed by atoms with E-state index >= 15 is 0 Å². The highest BCUT2D eigenvalue weighted by atomic mass is 16.6. The van der Waals surface area contributed by atoms with E-state index < -0.39 is 0 Å². The maximum Gasteiger partial charge on any atom is 0.410 e. The first kappa shape index (κ1) is 18.0. The van der Waals surface area contributed by atoms with Gasteiger partial charge in [0.2, 0.25) is 0 Å². The Labute approximate surface area is 153 Å². The van der Waals surface area contributed by atoms with Crippen molar-refractivity contribution in [2.45, 2.75) is 31.6 Å². The molecule has 0 saturated carbocycles. The third-order valence-corrected chi connectivity index (χ3v) is 4.74. The standard InChI is InChI=1S/C21H22N2O3/c1-25-19-11-12-20(18-9-7-16(13-22)8-10-18)23(14-19)21(24)26-15-17-5-3-2-4-6-17/h2-10,19-20H,11-12,14-15H2,1H3/t19-,20+/m0/s1. The van der Waals surface area contributed by atoms with Crippen molar-refractivity contribution in [2.24, 2.45) is 0 Å². The van der Waals surface area contributed by atoms with Crippen molar-refractivity contribution in [2.75, 3.05) is 13.7 Å². The molecule has 0 radical (unpaired) electrons. The van der Waals surface area contributed by atoms with Crippen molar-refractivity contribution < 1.29 is 14.3 Å². The first-order valence-corrected chi connectivity index (χ1v) is 8.71. The lowest BCUT2D eigenvalue weighted by molar-refractivity contribution is -0.000640. The molecule has 5 nitrogen and oxygen atoms in total. The minimum absolute atomic E-state index is 0.00825. The van der Waals surface area contributed by atoms with E-state index in [1.807, 2.05) is 42.5 Å². The summed E-state index contributed by atoms with van der Waals surface area (Å²) in [6.45, 7) is 0.739. The Morgan fingerprint density at radius 3 is 2.54 bits per heavy atom. The Bertz CT molecular complexity index is 768. The molecule has 1 aliphatic rings. The molecule has 0 N–H and O–H groups in total. The van der Waals surface area contributed by atoms with E-state index in [1.165, 1.54) is 0 Å². The molecule has 0 aliphatic carbocycles. The van der Waals surface area contributed by atoms with Gasteiger partial charge in [0.25, 0.3) is 0 Å². The van der Waals surface area contributed by atoms with Crippen LogP contribution in [0.1, 0.15) is 35.6 Å². The molecule has 0 unspecified atom stereocenters. The molecule has 0 aromatic heterocycles. The summed E-state index contributed by atoms with van der Waals surface area (Å²) in [5.74, 6) is 0. The molecule has 1 heterocycles. The monoisotopic (exact) mass is 350 g/mol. The number of nitriles is 1. The first-order valence-electron chi connectivity index (χ1n) is 8.71. The van der Waals surface area contributed by atoms with Crippen LogP contribution in [0.4, 0.5) is 4.79 Å². The zero-order valence-corrected chi connectivity index (χ0v) is 14.8. The van der Waals surface area contributed by atoms with Crippen molar-refractivity contribution >= 4 is 6.09 Å². The van der Waals surface area contributed by atoms with Crippen LogP contribution in [0.2, 0.25) is 0 Å². The summed E-state index contributed by atoms with van der Waals surface area (Å²) in [6.07, 6.45) is 1.34. The maximum atomic E-state index is 12.7. The Hall–Kier alpha value is -2.84. The van der Waals surface area contributed by atoms with Crippen LogP contribution in [-0.4, -0.2) is 30.8 Å². The third-order valence-electron chi connectivity index (χ3n) is 4.74. The largest absolute Gasteiger partial charge is 0.445 e. The highest BCUT2D eigenvalue weighted by Crippen LogP contribution is 2.32. The predicted molar refractivity (Wildman–Crippen MR) is 97.3 cm³/mol. The molecule has 3 rings (SSSR count). The molecule has 1 saturated heterocycles. The minimum Gasteiger partial charge on any atom is -0.445 e. The molecule has 2 aromatic rings. The van der Waals surface area contributed by atoms with Crippen molar-refractivity contribution in [3.63, 3.8) is 0 Å². The normalized spacial score (nSPS) is 19.6. The number of methoxy groups -OCH3 is 1. The van der Waals surface area contributed by atoms with Gasteiger partial charge in [0.05, 0.1) is 30.3 Å². The minimum atomic E-state index is -0.343. The van der Waals surface area contributed by atoms with E-state index in [2.05, 4.69) is 6.07 Å². The van der Waals surface area contributed by atoms with E-state index in [1.54, 1.807) is 24.1 Å². The quantitative estimate of drug-likeness (QED) is 0.835. The SMILES string of the molecule is CO[C@H]1CC[C@H](c2ccc(C#N)cc2)N(C(=O)OCc2ccccc2)C1. The topological polar surface area (TPSA) is 62.6 Å². The van der Waals surface area contributed by atoms with Gasteiger partial charge in [-0.2, -0.15) is 5.26 Å². The Morgan fingerprint density at radius 2 is 1.88 bits per heavy atom. The van der Waals surface area contributed by atoms with Crippen molar-refractivity contribution in [1.29, 1.82) is 5.26 Å². The summed E-state index contributed by atoms with van der Waals surface area (Å²) in [5, 5.41) is 8.97. The number of rotatable bonds is 4. The van der Waals surface area contributed by atoms with E-state index in [0.717, 1.165) is 24.0 Å². The number of carbonyl (C=O) groups excluding carboxylic acids is 1. The van der Waals surface area contributed by atoms with Gasteiger partial charge in [-0.25, -0.2) is 4.79 Å². The number of hydrogen-bond acceptors (Lipinski definition) is 4. The predicted octanol–water partition coefficient (Wildman–Crippen LogP) is 4.05. The molecule has 5 heteroatoms. The van der Waals surface area contributed by atoms with Crippen molar-refractivity contribution in [3.8, 4) is 6.07 Å². The molecular weight excluding hydrogens is 328 g/mol. The molecule has 0 bridgehead atoms. The summed E-state index contributed by atoms with van der Waals surface area (Å²) in [5.41, 5.74) is 2.57. The summed E-state index contributed by atoms with van der Waals surface area (Å²) < 4.78 is 11.0. The third kappa shape index (κ3) is 4.22. The summed E-state index contributed by atoms with van der Waals surface area (Å²) >= 11 is 0. The Morgan fingerprint density at radius 1 is 1.15 bits per heavy atom. The lowest BCUT2D eigenvalue weighted by atomic mass is 9.93. The lowest BCUT2D eigenvalue weighted by Crippen LogP contribution is -2.45. The van der Waals surface area contributed by atoms with E-state index in [9.17, 15) is 4.79 Å². The van der Waals surface area contributed by atoms with E-state index in [4.69, 9.17) is 14.7 Å². The number of hydrogen-bond donors (Lipinski definition) is 0. The lowest BCUT2D eigenvalue weighted by Gasteiger charge is -2.38. The molecule has 1 aliphatic heterocycles. The number of carbonyl (C=O) groups is 1. The van der Waals surface area contributed by atoms with E-state index in [-0.39, 0.29) is 24.8 Å². The number of piperidine rings is 1. The summed E-state index contributed by atoms with van der Waals surface area (Å²) in [4.78, 5) is 14.5. The molecule has 1 fully saturated rings. The van der Waals surface area contributed by atoms with Gasteiger partial charge in [-0.1, -0.05) is 42.5 Å². The van der Waals surface area contributed by atoms with Crippen LogP contribution in [0.15, 0.2) is 54.6 Å². The molecule has 0 spiro atoms. The second-order valence-corrected chi connectivity index (χ2v) is 6.38. The molecule has 1 amide bonds. The number of ether oxygens (including phenoxy) is 2. The Balaban J connectivity index is 1.74. The highest BCUT2D eigenvalue weighted by molar-refractivity contribution is 5.68. The van der Waals surface area contributed by atoms with Gasteiger partial charge >= 0.3 is 6.09 Å². The van der Waals surface area contributed by atoms with Gasteiger partial charge in [-0.05, 0) is 36.1 Å². The number of nitrogens with zero attached hydrogens (tertiary/aromatic N) is 2. The fourth-order valence-corrected chi connectivity index (χ4v) is 3.26. The molecule has 134 valence electrons. The maximum absolute atomic E-state index is 12.7. The molecule has 26 heavy (non-hydrogen) atoms. The van der Waals surface area contributed by atoms with Gasteiger partial charge in [0, 0.05) is 7.11 Å². The summed E-state index contributed by atoms with van der Waals surface area (Å²) in [6, 6.07) is 19.1. The van der Waals surface area contributed by atoms with Crippen LogP contribution in [0, 0.1) is 11.3 Å². The Kier molecular flexibility index (Phi) is 5.88. The fourth-order valence-electron chi connectivity index (χ4n) is 3.26. The first-order chi connectivity index (χ1) is 12.7. The van der Waals surface area contributed by atoms with Gasteiger partial charge in [-0.15, -0.1) is 0 Å². The molecule has 2 atom stereocenters. The average molecular weight is 350 g/mol. The van der Waals surface area contributed by atoms with Crippen LogP contribution in [0.25, 0.3) is 0 Å². The zero-order chi connectivity index (χ0) is 18.4. The average Bonchev–Trinajstić information content (AvgIpc) is 2.72. The zero-order valence-electron chi connectivity index (χ0n) is 14.8. The second kappa shape index (κ2) is 8.50.